The van der Waals surface area contributed by atoms with Gasteiger partial charge in [-0.05, 0) is 37.0 Å². The monoisotopic (exact) mass is 289 g/mol. The van der Waals surface area contributed by atoms with Gasteiger partial charge in [-0.25, -0.2) is 9.69 Å². The molecule has 1 aliphatic heterocycles. The predicted octanol–water partition coefficient (Wildman–Crippen LogP) is 1.63. The standard InChI is InChI=1S/C15H15NO5/c1-7-4-9-10(5-7)14(19)16(13(9)18)12-3-2-8(17)6-11(12)15(20)21/h2-3,6-7,9-10,17H,4-5H2,1H3,(H,20,21). The lowest BCUT2D eigenvalue weighted by Crippen LogP contribution is -2.33. The molecule has 2 atom stereocenters. The van der Waals surface area contributed by atoms with Crippen molar-refractivity contribution in [2.24, 2.45) is 17.8 Å². The Morgan fingerprint density at radius 3 is 2.29 bits per heavy atom. The van der Waals surface area contributed by atoms with Gasteiger partial charge in [-0.1, -0.05) is 6.92 Å². The third-order valence-electron chi connectivity index (χ3n) is 4.32. The van der Waals surface area contributed by atoms with Crippen LogP contribution < -0.4 is 4.90 Å². The van der Waals surface area contributed by atoms with Crippen LogP contribution in [0.2, 0.25) is 0 Å². The van der Waals surface area contributed by atoms with Crippen LogP contribution in [0, 0.1) is 17.8 Å². The van der Waals surface area contributed by atoms with E-state index in [1.165, 1.54) is 12.1 Å². The van der Waals surface area contributed by atoms with Crippen molar-refractivity contribution in [2.75, 3.05) is 4.90 Å². The summed E-state index contributed by atoms with van der Waals surface area (Å²) >= 11 is 0. The molecule has 2 fully saturated rings. The van der Waals surface area contributed by atoms with Crippen LogP contribution in [0.3, 0.4) is 0 Å². The highest BCUT2D eigenvalue weighted by molar-refractivity contribution is 6.24. The Bertz CT molecular complexity index is 629. The number of fused-ring (bicyclic) bond motifs is 1. The molecule has 1 heterocycles. The summed E-state index contributed by atoms with van der Waals surface area (Å²) in [6, 6.07) is 3.63. The molecule has 0 spiro atoms. The van der Waals surface area contributed by atoms with Crippen LogP contribution in [-0.4, -0.2) is 28.0 Å². The molecule has 1 saturated heterocycles. The van der Waals surface area contributed by atoms with E-state index in [0.29, 0.717) is 18.8 Å². The van der Waals surface area contributed by atoms with Crippen LogP contribution in [0.15, 0.2) is 18.2 Å². The van der Waals surface area contributed by atoms with Crippen LogP contribution in [0.25, 0.3) is 0 Å². The van der Waals surface area contributed by atoms with Crippen molar-refractivity contribution in [2.45, 2.75) is 19.8 Å². The zero-order valence-electron chi connectivity index (χ0n) is 11.4. The number of carbonyl (C=O) groups excluding carboxylic acids is 2. The lowest BCUT2D eigenvalue weighted by Gasteiger charge is -2.19. The first-order valence-electron chi connectivity index (χ1n) is 6.84. The number of nitrogens with zero attached hydrogens (tertiary/aromatic N) is 1. The number of benzene rings is 1. The topological polar surface area (TPSA) is 94.9 Å². The van der Waals surface area contributed by atoms with Crippen molar-refractivity contribution in [3.63, 3.8) is 0 Å². The quantitative estimate of drug-likeness (QED) is 0.807. The number of hydrogen-bond donors (Lipinski definition) is 2. The summed E-state index contributed by atoms with van der Waals surface area (Å²) in [5.41, 5.74) is -0.206. The maximum atomic E-state index is 12.5. The molecule has 1 aromatic rings. The first-order chi connectivity index (χ1) is 9.90. The number of phenolic OH excluding ortho intramolecular Hbond substituents is 1. The molecular weight excluding hydrogens is 274 g/mol. The molecule has 3 rings (SSSR count). The van der Waals surface area contributed by atoms with Gasteiger partial charge >= 0.3 is 5.97 Å². The van der Waals surface area contributed by atoms with Gasteiger partial charge < -0.3 is 10.2 Å². The molecule has 0 bridgehead atoms. The Labute approximate surface area is 121 Å². The summed E-state index contributed by atoms with van der Waals surface area (Å²) in [5.74, 6) is -2.53. The van der Waals surface area contributed by atoms with E-state index < -0.39 is 5.97 Å². The van der Waals surface area contributed by atoms with Gasteiger partial charge in [-0.3, -0.25) is 9.59 Å². The molecular formula is C15H15NO5. The summed E-state index contributed by atoms with van der Waals surface area (Å²) in [7, 11) is 0. The maximum absolute atomic E-state index is 12.5. The summed E-state index contributed by atoms with van der Waals surface area (Å²) in [6.07, 6.45) is 1.32. The number of imide groups is 1. The van der Waals surface area contributed by atoms with Gasteiger partial charge in [-0.15, -0.1) is 0 Å². The maximum Gasteiger partial charge on any atom is 0.337 e. The molecule has 6 nitrogen and oxygen atoms in total. The zero-order chi connectivity index (χ0) is 15.3. The van der Waals surface area contributed by atoms with Gasteiger partial charge in [0.2, 0.25) is 11.8 Å². The zero-order valence-corrected chi connectivity index (χ0v) is 11.4. The molecule has 1 aliphatic carbocycles. The van der Waals surface area contributed by atoms with E-state index in [2.05, 4.69) is 0 Å². The second-order valence-electron chi connectivity index (χ2n) is 5.81. The Morgan fingerprint density at radius 2 is 1.76 bits per heavy atom. The van der Waals surface area contributed by atoms with Gasteiger partial charge in [0, 0.05) is 0 Å². The second kappa shape index (κ2) is 4.58. The summed E-state index contributed by atoms with van der Waals surface area (Å²) in [6.45, 7) is 2.01. The number of phenols is 1. The van der Waals surface area contributed by atoms with E-state index in [9.17, 15) is 24.6 Å². The third kappa shape index (κ3) is 1.98. The molecule has 1 aromatic carbocycles. The molecule has 1 saturated carbocycles. The molecule has 0 aromatic heterocycles. The molecule has 2 amide bonds. The smallest absolute Gasteiger partial charge is 0.337 e. The van der Waals surface area contributed by atoms with Gasteiger partial charge in [0.1, 0.15) is 5.75 Å². The summed E-state index contributed by atoms with van der Waals surface area (Å²) in [4.78, 5) is 37.2. The highest BCUT2D eigenvalue weighted by atomic mass is 16.4. The van der Waals surface area contributed by atoms with Crippen molar-refractivity contribution >= 4 is 23.5 Å². The second-order valence-corrected chi connectivity index (χ2v) is 5.81. The lowest BCUT2D eigenvalue weighted by atomic mass is 10.00. The average molecular weight is 289 g/mol. The fraction of sp³-hybridized carbons (Fsp3) is 0.400. The summed E-state index contributed by atoms with van der Waals surface area (Å²) in [5, 5.41) is 18.6. The van der Waals surface area contributed by atoms with E-state index >= 15 is 0 Å². The first-order valence-corrected chi connectivity index (χ1v) is 6.84. The molecule has 2 N–H and O–H groups in total. The number of rotatable bonds is 2. The number of aromatic hydroxyl groups is 1. The third-order valence-corrected chi connectivity index (χ3v) is 4.32. The minimum Gasteiger partial charge on any atom is -0.508 e. The fourth-order valence-electron chi connectivity index (χ4n) is 3.41. The van der Waals surface area contributed by atoms with Crippen LogP contribution in [0.4, 0.5) is 5.69 Å². The Morgan fingerprint density at radius 1 is 1.19 bits per heavy atom. The molecule has 0 radical (unpaired) electrons. The largest absolute Gasteiger partial charge is 0.508 e. The van der Waals surface area contributed by atoms with Crippen LogP contribution >= 0.6 is 0 Å². The number of aromatic carboxylic acids is 1. The van der Waals surface area contributed by atoms with E-state index in [1.807, 2.05) is 6.92 Å². The Hall–Kier alpha value is -2.37. The highest BCUT2D eigenvalue weighted by Crippen LogP contribution is 2.45. The van der Waals surface area contributed by atoms with Crippen molar-refractivity contribution in [1.82, 2.24) is 0 Å². The average Bonchev–Trinajstić information content (AvgIpc) is 2.90. The van der Waals surface area contributed by atoms with Crippen LogP contribution in [0.1, 0.15) is 30.1 Å². The highest BCUT2D eigenvalue weighted by Gasteiger charge is 2.52. The SMILES string of the molecule is CC1CC2C(=O)N(c3ccc(O)cc3C(=O)O)C(=O)C2C1. The molecule has 110 valence electrons. The molecule has 21 heavy (non-hydrogen) atoms. The number of carboxylic acids is 1. The molecule has 2 unspecified atom stereocenters. The van der Waals surface area contributed by atoms with E-state index in [0.717, 1.165) is 11.0 Å². The van der Waals surface area contributed by atoms with E-state index in [1.54, 1.807) is 0 Å². The minimum absolute atomic E-state index is 0.0392. The Kier molecular flexibility index (Phi) is 2.97. The summed E-state index contributed by atoms with van der Waals surface area (Å²) < 4.78 is 0. The fourth-order valence-corrected chi connectivity index (χ4v) is 3.41. The number of hydrogen-bond acceptors (Lipinski definition) is 4. The van der Waals surface area contributed by atoms with E-state index in [4.69, 9.17) is 0 Å². The van der Waals surface area contributed by atoms with Crippen molar-refractivity contribution < 1.29 is 24.6 Å². The number of amides is 2. The van der Waals surface area contributed by atoms with Crippen LogP contribution in [0.5, 0.6) is 5.75 Å². The van der Waals surface area contributed by atoms with Gasteiger partial charge in [0.05, 0.1) is 23.1 Å². The predicted molar refractivity (Wildman–Crippen MR) is 72.9 cm³/mol. The van der Waals surface area contributed by atoms with Gasteiger partial charge in [-0.2, -0.15) is 0 Å². The number of anilines is 1. The van der Waals surface area contributed by atoms with Crippen molar-refractivity contribution in [3.8, 4) is 5.75 Å². The Balaban J connectivity index is 2.04. The first kappa shape index (κ1) is 13.6. The van der Waals surface area contributed by atoms with Crippen molar-refractivity contribution in [3.05, 3.63) is 23.8 Å². The number of carbonyl (C=O) groups is 3. The number of carboxylic acid groups (broad SMARTS) is 1. The van der Waals surface area contributed by atoms with Gasteiger partial charge in [0.15, 0.2) is 0 Å². The van der Waals surface area contributed by atoms with Crippen LogP contribution in [-0.2, 0) is 9.59 Å². The van der Waals surface area contributed by atoms with Crippen molar-refractivity contribution in [1.29, 1.82) is 0 Å². The van der Waals surface area contributed by atoms with E-state index in [-0.39, 0.29) is 40.7 Å². The van der Waals surface area contributed by atoms with Gasteiger partial charge in [0.25, 0.3) is 0 Å². The lowest BCUT2D eigenvalue weighted by molar-refractivity contribution is -0.123. The minimum atomic E-state index is -1.29. The molecule has 6 heteroatoms. The normalized spacial score (nSPS) is 28.0. The molecule has 2 aliphatic rings.